The van der Waals surface area contributed by atoms with Crippen molar-refractivity contribution in [2.24, 2.45) is 23.3 Å². The monoisotopic (exact) mass is 284 g/mol. The Hall–Kier alpha value is -1.07. The molecule has 0 aromatic rings. The number of nitrogens with two attached hydrogens (primary N) is 2. The number of rotatable bonds is 12. The molecule has 0 aliphatic rings. The van der Waals surface area contributed by atoms with Gasteiger partial charge in [0.05, 0.1) is 0 Å². The number of Topliss-reactive ketones (excluding diaryl/α,β-unsaturated/α-hetero) is 3. The molecule has 0 spiro atoms. The van der Waals surface area contributed by atoms with Crippen LogP contribution in [-0.2, 0) is 14.4 Å². The molecule has 0 aliphatic carbocycles. The molecule has 0 radical (unpaired) electrons. The first-order valence-electron chi connectivity index (χ1n) is 7.39. The second kappa shape index (κ2) is 10.7. The van der Waals surface area contributed by atoms with Gasteiger partial charge in [-0.25, -0.2) is 0 Å². The zero-order chi connectivity index (χ0) is 15.5. The molecule has 0 aromatic heterocycles. The SMILES string of the molecule is CC(CC(=O)CCCN)C(=O)CC(C)C(=O)CCCN. The van der Waals surface area contributed by atoms with Crippen LogP contribution in [-0.4, -0.2) is 30.4 Å². The van der Waals surface area contributed by atoms with E-state index in [1.165, 1.54) is 0 Å². The van der Waals surface area contributed by atoms with Crippen LogP contribution in [0.15, 0.2) is 0 Å². The van der Waals surface area contributed by atoms with E-state index in [9.17, 15) is 14.4 Å². The number of carbonyl (C=O) groups excluding carboxylic acids is 3. The van der Waals surface area contributed by atoms with Gasteiger partial charge < -0.3 is 11.5 Å². The molecule has 5 heteroatoms. The molecule has 116 valence electrons. The van der Waals surface area contributed by atoms with Gasteiger partial charge in [0.1, 0.15) is 17.3 Å². The van der Waals surface area contributed by atoms with Crippen molar-refractivity contribution < 1.29 is 14.4 Å². The molecule has 4 N–H and O–H groups in total. The van der Waals surface area contributed by atoms with E-state index in [4.69, 9.17) is 11.5 Å². The van der Waals surface area contributed by atoms with Crippen molar-refractivity contribution in [2.45, 2.75) is 52.4 Å². The molecule has 20 heavy (non-hydrogen) atoms. The van der Waals surface area contributed by atoms with Crippen LogP contribution in [0.25, 0.3) is 0 Å². The van der Waals surface area contributed by atoms with Gasteiger partial charge in [0, 0.05) is 37.5 Å². The van der Waals surface area contributed by atoms with Crippen LogP contribution in [0.5, 0.6) is 0 Å². The topological polar surface area (TPSA) is 103 Å². The van der Waals surface area contributed by atoms with Gasteiger partial charge in [-0.1, -0.05) is 13.8 Å². The van der Waals surface area contributed by atoms with Crippen molar-refractivity contribution in [1.29, 1.82) is 0 Å². The summed E-state index contributed by atoms with van der Waals surface area (Å²) in [5.41, 5.74) is 10.7. The van der Waals surface area contributed by atoms with Gasteiger partial charge in [-0.3, -0.25) is 14.4 Å². The van der Waals surface area contributed by atoms with Gasteiger partial charge in [0.25, 0.3) is 0 Å². The lowest BCUT2D eigenvalue weighted by molar-refractivity contribution is -0.131. The number of ketones is 3. The summed E-state index contributed by atoms with van der Waals surface area (Å²) in [6.07, 6.45) is 2.64. The maximum absolute atomic E-state index is 12.0. The predicted molar refractivity (Wildman–Crippen MR) is 79.2 cm³/mol. The van der Waals surface area contributed by atoms with Crippen molar-refractivity contribution in [3.05, 3.63) is 0 Å². The molecule has 0 saturated heterocycles. The summed E-state index contributed by atoms with van der Waals surface area (Å²) in [4.78, 5) is 35.3. The molecule has 2 unspecified atom stereocenters. The van der Waals surface area contributed by atoms with Gasteiger partial charge >= 0.3 is 0 Å². The highest BCUT2D eigenvalue weighted by atomic mass is 16.1. The van der Waals surface area contributed by atoms with Crippen molar-refractivity contribution in [3.8, 4) is 0 Å². The van der Waals surface area contributed by atoms with Gasteiger partial charge in [0.15, 0.2) is 0 Å². The maximum atomic E-state index is 12.0. The van der Waals surface area contributed by atoms with Gasteiger partial charge in [0.2, 0.25) is 0 Å². The third-order valence-electron chi connectivity index (χ3n) is 3.43. The quantitative estimate of drug-likeness (QED) is 0.561. The molecule has 0 fully saturated rings. The van der Waals surface area contributed by atoms with E-state index in [-0.39, 0.29) is 42.0 Å². The Kier molecular flexibility index (Phi) is 10.1. The van der Waals surface area contributed by atoms with E-state index in [2.05, 4.69) is 0 Å². The highest BCUT2D eigenvalue weighted by Crippen LogP contribution is 2.15. The van der Waals surface area contributed by atoms with Crippen LogP contribution in [0, 0.1) is 11.8 Å². The number of hydrogen-bond donors (Lipinski definition) is 2. The fraction of sp³-hybridized carbons (Fsp3) is 0.800. The molecule has 0 rings (SSSR count). The highest BCUT2D eigenvalue weighted by molar-refractivity contribution is 5.91. The standard InChI is InChI=1S/C15H28N2O3/c1-11(9-13(18)5-3-7-16)15(20)10-12(2)14(19)6-4-8-17/h11-12H,3-10,16-17H2,1-2H3. The van der Waals surface area contributed by atoms with Gasteiger partial charge in [-0.15, -0.1) is 0 Å². The Morgan fingerprint density at radius 2 is 1.30 bits per heavy atom. The third kappa shape index (κ3) is 8.17. The fourth-order valence-electron chi connectivity index (χ4n) is 2.00. The van der Waals surface area contributed by atoms with Crippen LogP contribution in [0.4, 0.5) is 0 Å². The van der Waals surface area contributed by atoms with Gasteiger partial charge in [-0.2, -0.15) is 0 Å². The van der Waals surface area contributed by atoms with Crippen LogP contribution in [0.1, 0.15) is 52.4 Å². The zero-order valence-corrected chi connectivity index (χ0v) is 12.7. The van der Waals surface area contributed by atoms with Gasteiger partial charge in [-0.05, 0) is 25.9 Å². The summed E-state index contributed by atoms with van der Waals surface area (Å²) < 4.78 is 0. The first-order chi connectivity index (χ1) is 9.42. The molecular formula is C15H28N2O3. The van der Waals surface area contributed by atoms with E-state index in [0.29, 0.717) is 38.8 Å². The third-order valence-corrected chi connectivity index (χ3v) is 3.43. The van der Waals surface area contributed by atoms with E-state index < -0.39 is 0 Å². The average molecular weight is 284 g/mol. The molecule has 0 heterocycles. The second-order valence-electron chi connectivity index (χ2n) is 5.47. The smallest absolute Gasteiger partial charge is 0.136 e. The fourth-order valence-corrected chi connectivity index (χ4v) is 2.00. The zero-order valence-electron chi connectivity index (χ0n) is 12.7. The number of carbonyl (C=O) groups is 3. The molecule has 0 aromatic carbocycles. The Morgan fingerprint density at radius 3 is 1.85 bits per heavy atom. The minimum absolute atomic E-state index is 0.0142. The Labute approximate surface area is 121 Å². The van der Waals surface area contributed by atoms with E-state index >= 15 is 0 Å². The molecule has 0 amide bonds. The summed E-state index contributed by atoms with van der Waals surface area (Å²) in [7, 11) is 0. The van der Waals surface area contributed by atoms with E-state index in [1.807, 2.05) is 0 Å². The predicted octanol–water partition coefficient (Wildman–Crippen LogP) is 1.22. The largest absolute Gasteiger partial charge is 0.330 e. The molecular weight excluding hydrogens is 256 g/mol. The van der Waals surface area contributed by atoms with E-state index in [0.717, 1.165) is 0 Å². The minimum Gasteiger partial charge on any atom is -0.330 e. The molecule has 5 nitrogen and oxygen atoms in total. The minimum atomic E-state index is -0.315. The van der Waals surface area contributed by atoms with Crippen LogP contribution < -0.4 is 11.5 Å². The lowest BCUT2D eigenvalue weighted by Gasteiger charge is -2.13. The van der Waals surface area contributed by atoms with Crippen molar-refractivity contribution in [3.63, 3.8) is 0 Å². The van der Waals surface area contributed by atoms with Crippen molar-refractivity contribution in [2.75, 3.05) is 13.1 Å². The molecule has 2 atom stereocenters. The average Bonchev–Trinajstić information content (AvgIpc) is 2.41. The molecule has 0 aliphatic heterocycles. The number of hydrogen-bond acceptors (Lipinski definition) is 5. The van der Waals surface area contributed by atoms with E-state index in [1.54, 1.807) is 13.8 Å². The summed E-state index contributed by atoms with van der Waals surface area (Å²) in [6.45, 7) is 4.48. The van der Waals surface area contributed by atoms with Crippen molar-refractivity contribution >= 4 is 17.3 Å². The Balaban J connectivity index is 4.11. The maximum Gasteiger partial charge on any atom is 0.136 e. The van der Waals surface area contributed by atoms with Crippen LogP contribution >= 0.6 is 0 Å². The summed E-state index contributed by atoms with van der Waals surface area (Å²) in [5.74, 6) is -0.468. The summed E-state index contributed by atoms with van der Waals surface area (Å²) >= 11 is 0. The lowest BCUT2D eigenvalue weighted by Crippen LogP contribution is -2.22. The van der Waals surface area contributed by atoms with Crippen molar-refractivity contribution in [1.82, 2.24) is 0 Å². The molecule has 0 saturated carbocycles. The highest BCUT2D eigenvalue weighted by Gasteiger charge is 2.22. The van der Waals surface area contributed by atoms with Crippen LogP contribution in [0.2, 0.25) is 0 Å². The summed E-state index contributed by atoms with van der Waals surface area (Å²) in [5, 5.41) is 0. The summed E-state index contributed by atoms with van der Waals surface area (Å²) in [6, 6.07) is 0. The lowest BCUT2D eigenvalue weighted by atomic mass is 9.89. The first kappa shape index (κ1) is 18.9. The Morgan fingerprint density at radius 1 is 0.800 bits per heavy atom. The first-order valence-corrected chi connectivity index (χ1v) is 7.39. The Bertz CT molecular complexity index is 329. The normalized spacial score (nSPS) is 13.8. The van der Waals surface area contributed by atoms with Crippen LogP contribution in [0.3, 0.4) is 0 Å². The second-order valence-corrected chi connectivity index (χ2v) is 5.47. The molecule has 0 bridgehead atoms.